The molecule has 2 N–H and O–H groups in total. The largest absolute Gasteiger partial charge is 0.455 e. The third-order valence-corrected chi connectivity index (χ3v) is 3.55. The van der Waals surface area contributed by atoms with Crippen molar-refractivity contribution in [3.05, 3.63) is 30.3 Å². The van der Waals surface area contributed by atoms with Gasteiger partial charge in [-0.25, -0.2) is 0 Å². The molecule has 1 atom stereocenters. The topological polar surface area (TPSA) is 84.5 Å². The van der Waals surface area contributed by atoms with E-state index < -0.39 is 23.7 Å². The zero-order valence-corrected chi connectivity index (χ0v) is 12.7. The molecule has 0 unspecified atom stereocenters. The molecule has 7 heteroatoms. The van der Waals surface area contributed by atoms with Gasteiger partial charge in [0, 0.05) is 11.9 Å². The monoisotopic (exact) mass is 310 g/mol. The minimum atomic E-state index is -0.510. The zero-order valence-electron chi connectivity index (χ0n) is 11.9. The fraction of sp³-hybridized carbons (Fsp3) is 0.357. The van der Waals surface area contributed by atoms with E-state index in [0.29, 0.717) is 0 Å². The standard InChI is InChI=1S/C14H18N2O4S/c1-10(21-11-6-4-3-5-7-11)14(19)20-9-13(18)16-8-12(17)15-2/h3-7,10H,8-9H2,1-2H3,(H,15,17)(H,16,18)/t10-/m0/s1. The summed E-state index contributed by atoms with van der Waals surface area (Å²) in [5.74, 6) is -1.30. The molecule has 1 aromatic carbocycles. The molecule has 0 radical (unpaired) electrons. The maximum Gasteiger partial charge on any atom is 0.319 e. The van der Waals surface area contributed by atoms with Crippen molar-refractivity contribution in [2.45, 2.75) is 17.1 Å². The summed E-state index contributed by atoms with van der Waals surface area (Å²) in [7, 11) is 1.47. The van der Waals surface area contributed by atoms with Gasteiger partial charge in [0.2, 0.25) is 5.91 Å². The Hall–Kier alpha value is -2.02. The number of benzene rings is 1. The lowest BCUT2D eigenvalue weighted by Crippen LogP contribution is -2.37. The molecule has 0 aliphatic carbocycles. The quantitative estimate of drug-likeness (QED) is 0.568. The van der Waals surface area contributed by atoms with Crippen LogP contribution in [0.5, 0.6) is 0 Å². The van der Waals surface area contributed by atoms with Crippen molar-refractivity contribution in [3.63, 3.8) is 0 Å². The van der Waals surface area contributed by atoms with Gasteiger partial charge in [-0.15, -0.1) is 11.8 Å². The van der Waals surface area contributed by atoms with E-state index in [9.17, 15) is 14.4 Å². The molecule has 21 heavy (non-hydrogen) atoms. The molecule has 2 amide bonds. The summed E-state index contributed by atoms with van der Waals surface area (Å²) in [5.41, 5.74) is 0. The third-order valence-electron chi connectivity index (χ3n) is 2.46. The van der Waals surface area contributed by atoms with Gasteiger partial charge in [-0.3, -0.25) is 14.4 Å². The van der Waals surface area contributed by atoms with Crippen LogP contribution in [0.25, 0.3) is 0 Å². The summed E-state index contributed by atoms with van der Waals surface area (Å²) in [4.78, 5) is 35.0. The molecule has 0 spiro atoms. The lowest BCUT2D eigenvalue weighted by molar-refractivity contribution is -0.147. The third kappa shape index (κ3) is 6.80. The van der Waals surface area contributed by atoms with Gasteiger partial charge >= 0.3 is 5.97 Å². The fourth-order valence-electron chi connectivity index (χ4n) is 1.32. The Morgan fingerprint density at radius 2 is 1.86 bits per heavy atom. The van der Waals surface area contributed by atoms with Crippen molar-refractivity contribution < 1.29 is 19.1 Å². The Morgan fingerprint density at radius 1 is 1.19 bits per heavy atom. The highest BCUT2D eigenvalue weighted by atomic mass is 32.2. The Balaban J connectivity index is 2.29. The van der Waals surface area contributed by atoms with Gasteiger partial charge in [-0.1, -0.05) is 18.2 Å². The molecule has 0 heterocycles. The van der Waals surface area contributed by atoms with Crippen molar-refractivity contribution in [1.29, 1.82) is 0 Å². The van der Waals surface area contributed by atoms with E-state index in [1.807, 2.05) is 30.3 Å². The number of carbonyl (C=O) groups is 3. The minimum Gasteiger partial charge on any atom is -0.455 e. The van der Waals surface area contributed by atoms with Crippen LogP contribution in [0, 0.1) is 0 Å². The van der Waals surface area contributed by atoms with Crippen LogP contribution in [0.15, 0.2) is 35.2 Å². The van der Waals surface area contributed by atoms with Crippen LogP contribution in [0.4, 0.5) is 0 Å². The number of nitrogens with one attached hydrogen (secondary N) is 2. The summed E-state index contributed by atoms with van der Waals surface area (Å²) in [6, 6.07) is 9.44. The Labute approximate surface area is 127 Å². The van der Waals surface area contributed by atoms with Crippen molar-refractivity contribution in [2.75, 3.05) is 20.2 Å². The average molecular weight is 310 g/mol. The number of ether oxygens (including phenoxy) is 1. The van der Waals surface area contributed by atoms with Crippen molar-refractivity contribution in [1.82, 2.24) is 10.6 Å². The molecule has 0 saturated heterocycles. The summed E-state index contributed by atoms with van der Waals surface area (Å²) >= 11 is 1.35. The molecular formula is C14H18N2O4S. The number of carbonyl (C=O) groups excluding carboxylic acids is 3. The molecule has 1 aromatic rings. The minimum absolute atomic E-state index is 0.138. The van der Waals surface area contributed by atoms with Gasteiger partial charge in [-0.2, -0.15) is 0 Å². The average Bonchev–Trinajstić information content (AvgIpc) is 2.50. The maximum atomic E-state index is 11.7. The first-order valence-corrected chi connectivity index (χ1v) is 7.26. The van der Waals surface area contributed by atoms with Gasteiger partial charge in [0.1, 0.15) is 5.25 Å². The second-order valence-corrected chi connectivity index (χ2v) is 5.54. The van der Waals surface area contributed by atoms with Crippen LogP contribution < -0.4 is 10.6 Å². The van der Waals surface area contributed by atoms with Crippen molar-refractivity contribution in [2.24, 2.45) is 0 Å². The van der Waals surface area contributed by atoms with Gasteiger partial charge < -0.3 is 15.4 Å². The predicted molar refractivity (Wildman–Crippen MR) is 79.8 cm³/mol. The highest BCUT2D eigenvalue weighted by molar-refractivity contribution is 8.00. The van der Waals surface area contributed by atoms with Crippen LogP contribution in [0.1, 0.15) is 6.92 Å². The lowest BCUT2D eigenvalue weighted by atomic mass is 10.4. The Bertz CT molecular complexity index is 493. The Kier molecular flexibility index (Phi) is 7.31. The van der Waals surface area contributed by atoms with Crippen LogP contribution >= 0.6 is 11.8 Å². The van der Waals surface area contributed by atoms with Crippen LogP contribution in [-0.4, -0.2) is 43.2 Å². The number of rotatable bonds is 7. The van der Waals surface area contributed by atoms with E-state index in [0.717, 1.165) is 4.90 Å². The summed E-state index contributed by atoms with van der Waals surface area (Å²) in [6.07, 6.45) is 0. The number of esters is 1. The highest BCUT2D eigenvalue weighted by Crippen LogP contribution is 2.23. The second-order valence-electron chi connectivity index (χ2n) is 4.13. The summed E-state index contributed by atoms with van der Waals surface area (Å²) in [5, 5.41) is 4.29. The smallest absolute Gasteiger partial charge is 0.319 e. The van der Waals surface area contributed by atoms with E-state index in [2.05, 4.69) is 10.6 Å². The second kappa shape index (κ2) is 9.02. The van der Waals surface area contributed by atoms with Gasteiger partial charge in [0.15, 0.2) is 6.61 Å². The Morgan fingerprint density at radius 3 is 2.48 bits per heavy atom. The molecule has 0 fully saturated rings. The molecule has 0 bridgehead atoms. The van der Waals surface area contributed by atoms with Crippen molar-refractivity contribution >= 4 is 29.5 Å². The van der Waals surface area contributed by atoms with Gasteiger partial charge in [-0.05, 0) is 19.1 Å². The number of amides is 2. The van der Waals surface area contributed by atoms with Crippen LogP contribution in [0.2, 0.25) is 0 Å². The molecule has 0 aromatic heterocycles. The molecule has 0 aliphatic heterocycles. The number of thioether (sulfide) groups is 1. The fourth-order valence-corrected chi connectivity index (χ4v) is 2.21. The predicted octanol–water partition coefficient (Wildman–Crippen LogP) is 0.573. The normalized spacial score (nSPS) is 11.3. The maximum absolute atomic E-state index is 11.7. The molecule has 0 aliphatic rings. The SMILES string of the molecule is CNC(=O)CNC(=O)COC(=O)[C@H](C)Sc1ccccc1. The van der Waals surface area contributed by atoms with E-state index in [1.165, 1.54) is 18.8 Å². The number of hydrogen-bond donors (Lipinski definition) is 2. The van der Waals surface area contributed by atoms with Crippen LogP contribution in [0.3, 0.4) is 0 Å². The summed E-state index contributed by atoms with van der Waals surface area (Å²) < 4.78 is 4.90. The first-order valence-electron chi connectivity index (χ1n) is 6.38. The molecule has 6 nitrogen and oxygen atoms in total. The first kappa shape index (κ1) is 17.0. The van der Waals surface area contributed by atoms with Crippen molar-refractivity contribution in [3.8, 4) is 0 Å². The summed E-state index contributed by atoms with van der Waals surface area (Å²) in [6.45, 7) is 1.18. The van der Waals surface area contributed by atoms with E-state index in [-0.39, 0.29) is 12.5 Å². The number of likely N-dealkylation sites (N-methyl/N-ethyl adjacent to an activating group) is 1. The van der Waals surface area contributed by atoms with E-state index in [1.54, 1.807) is 6.92 Å². The van der Waals surface area contributed by atoms with Gasteiger partial charge in [0.05, 0.1) is 6.54 Å². The molecule has 0 saturated carbocycles. The lowest BCUT2D eigenvalue weighted by Gasteiger charge is -2.11. The molecule has 114 valence electrons. The van der Waals surface area contributed by atoms with E-state index >= 15 is 0 Å². The zero-order chi connectivity index (χ0) is 15.7. The number of hydrogen-bond acceptors (Lipinski definition) is 5. The van der Waals surface area contributed by atoms with Crippen LogP contribution in [-0.2, 0) is 19.1 Å². The van der Waals surface area contributed by atoms with Gasteiger partial charge in [0.25, 0.3) is 5.91 Å². The van der Waals surface area contributed by atoms with E-state index in [4.69, 9.17) is 4.74 Å². The molecular weight excluding hydrogens is 292 g/mol. The molecule has 1 rings (SSSR count). The first-order chi connectivity index (χ1) is 10.0. The highest BCUT2D eigenvalue weighted by Gasteiger charge is 2.17.